The first kappa shape index (κ1) is 14.5. The van der Waals surface area contributed by atoms with E-state index < -0.39 is 0 Å². The summed E-state index contributed by atoms with van der Waals surface area (Å²) < 4.78 is 0. The van der Waals surface area contributed by atoms with Gasteiger partial charge < -0.3 is 9.69 Å². The molecule has 1 aliphatic heterocycles. The Morgan fingerprint density at radius 3 is 2.37 bits per heavy atom. The normalized spacial score (nSPS) is 23.2. The Kier molecular flexibility index (Phi) is 5.37. The largest absolute Gasteiger partial charge is 0.342 e. The zero-order chi connectivity index (χ0) is 13.7. The molecule has 0 aromatic carbocycles. The Hall–Kier alpha value is -0.900. The Bertz CT molecular complexity index is 305. The van der Waals surface area contributed by atoms with Crippen LogP contribution in [-0.4, -0.2) is 54.7 Å². The fourth-order valence-corrected chi connectivity index (χ4v) is 3.22. The number of hydrogen-bond acceptors (Lipinski definition) is 3. The van der Waals surface area contributed by atoms with Gasteiger partial charge in [-0.15, -0.1) is 0 Å². The summed E-state index contributed by atoms with van der Waals surface area (Å²) in [7, 11) is 1.95. The number of piperidine rings is 1. The van der Waals surface area contributed by atoms with Crippen LogP contribution in [0, 0.1) is 5.92 Å². The number of carbonyl (C=O) groups excluding carboxylic acids is 2. The summed E-state index contributed by atoms with van der Waals surface area (Å²) in [6.45, 7) is 2.29. The smallest absolute Gasteiger partial charge is 0.236 e. The van der Waals surface area contributed by atoms with Crippen molar-refractivity contribution in [3.63, 3.8) is 0 Å². The average Bonchev–Trinajstić information content (AvgIpc) is 2.48. The molecule has 0 radical (unpaired) electrons. The van der Waals surface area contributed by atoms with Gasteiger partial charge in [0.15, 0.2) is 0 Å². The van der Waals surface area contributed by atoms with E-state index in [2.05, 4.69) is 4.90 Å². The molecule has 2 aliphatic rings. The minimum absolute atomic E-state index is 0.211. The molecule has 2 fully saturated rings. The fourth-order valence-electron chi connectivity index (χ4n) is 3.22. The van der Waals surface area contributed by atoms with Crippen molar-refractivity contribution >= 4 is 12.2 Å². The highest BCUT2D eigenvalue weighted by molar-refractivity contribution is 5.78. The van der Waals surface area contributed by atoms with E-state index in [1.807, 2.05) is 11.9 Å². The second-order valence-electron chi connectivity index (χ2n) is 6.05. The topological polar surface area (TPSA) is 40.6 Å². The SMILES string of the molecule is CN(C(=O)CN1CCC(C=O)CC1)C1CCCCC1. The number of amides is 1. The van der Waals surface area contributed by atoms with Crippen molar-refractivity contribution in [3.8, 4) is 0 Å². The molecule has 0 N–H and O–H groups in total. The standard InChI is InChI=1S/C15H26N2O2/c1-16(14-5-3-2-4-6-14)15(19)11-17-9-7-13(12-18)8-10-17/h12-14H,2-11H2,1H3. The zero-order valence-corrected chi connectivity index (χ0v) is 12.0. The highest BCUT2D eigenvalue weighted by Crippen LogP contribution is 2.22. The van der Waals surface area contributed by atoms with E-state index in [1.54, 1.807) is 0 Å². The van der Waals surface area contributed by atoms with Crippen LogP contribution in [0.25, 0.3) is 0 Å². The van der Waals surface area contributed by atoms with Gasteiger partial charge in [0.1, 0.15) is 6.29 Å². The Balaban J connectivity index is 1.75. The lowest BCUT2D eigenvalue weighted by atomic mass is 9.94. The summed E-state index contributed by atoms with van der Waals surface area (Å²) in [6.07, 6.45) is 9.03. The van der Waals surface area contributed by atoms with Crippen LogP contribution in [0.15, 0.2) is 0 Å². The van der Waals surface area contributed by atoms with Gasteiger partial charge in [-0.3, -0.25) is 9.69 Å². The number of likely N-dealkylation sites (N-methyl/N-ethyl adjacent to an activating group) is 1. The summed E-state index contributed by atoms with van der Waals surface area (Å²) >= 11 is 0. The molecule has 19 heavy (non-hydrogen) atoms. The second-order valence-corrected chi connectivity index (χ2v) is 6.05. The predicted octanol–water partition coefficient (Wildman–Crippen LogP) is 1.69. The van der Waals surface area contributed by atoms with E-state index >= 15 is 0 Å². The van der Waals surface area contributed by atoms with Crippen molar-refractivity contribution in [2.75, 3.05) is 26.7 Å². The molecule has 2 rings (SSSR count). The fraction of sp³-hybridized carbons (Fsp3) is 0.867. The molecule has 0 atom stereocenters. The van der Waals surface area contributed by atoms with Crippen molar-refractivity contribution in [2.45, 2.75) is 51.0 Å². The van der Waals surface area contributed by atoms with Crippen LogP contribution < -0.4 is 0 Å². The van der Waals surface area contributed by atoms with E-state index in [4.69, 9.17) is 0 Å². The van der Waals surface area contributed by atoms with E-state index in [0.29, 0.717) is 12.6 Å². The molecule has 1 aliphatic carbocycles. The summed E-state index contributed by atoms with van der Waals surface area (Å²) in [4.78, 5) is 27.1. The van der Waals surface area contributed by atoms with Crippen LogP contribution in [0.1, 0.15) is 44.9 Å². The number of likely N-dealkylation sites (tertiary alicyclic amines) is 1. The second kappa shape index (κ2) is 7.04. The highest BCUT2D eigenvalue weighted by Gasteiger charge is 2.25. The van der Waals surface area contributed by atoms with E-state index in [1.165, 1.54) is 19.3 Å². The van der Waals surface area contributed by atoms with Gasteiger partial charge in [0.05, 0.1) is 6.54 Å². The predicted molar refractivity (Wildman–Crippen MR) is 74.9 cm³/mol. The molecule has 0 aromatic rings. The van der Waals surface area contributed by atoms with Crippen LogP contribution >= 0.6 is 0 Å². The molecule has 0 aromatic heterocycles. The van der Waals surface area contributed by atoms with Crippen LogP contribution in [0.3, 0.4) is 0 Å². The third-order valence-electron chi connectivity index (χ3n) is 4.70. The van der Waals surface area contributed by atoms with Gasteiger partial charge in [0, 0.05) is 19.0 Å². The lowest BCUT2D eigenvalue weighted by Crippen LogP contribution is -2.46. The third-order valence-corrected chi connectivity index (χ3v) is 4.70. The first-order chi connectivity index (χ1) is 9.20. The van der Waals surface area contributed by atoms with Gasteiger partial charge in [-0.1, -0.05) is 19.3 Å². The number of rotatable bonds is 4. The Morgan fingerprint density at radius 1 is 1.16 bits per heavy atom. The van der Waals surface area contributed by atoms with Gasteiger partial charge in [0.25, 0.3) is 0 Å². The van der Waals surface area contributed by atoms with Crippen molar-refractivity contribution in [2.24, 2.45) is 5.92 Å². The quantitative estimate of drug-likeness (QED) is 0.727. The van der Waals surface area contributed by atoms with Gasteiger partial charge in [0.2, 0.25) is 5.91 Å². The first-order valence-electron chi connectivity index (χ1n) is 7.64. The summed E-state index contributed by atoms with van der Waals surface area (Å²) in [5, 5.41) is 0. The minimum Gasteiger partial charge on any atom is -0.342 e. The molecule has 1 saturated heterocycles. The molecule has 108 valence electrons. The molecular formula is C15H26N2O2. The summed E-state index contributed by atoms with van der Waals surface area (Å²) in [5.74, 6) is 0.457. The van der Waals surface area contributed by atoms with Crippen molar-refractivity contribution in [1.29, 1.82) is 0 Å². The van der Waals surface area contributed by atoms with Gasteiger partial charge in [-0.25, -0.2) is 0 Å². The zero-order valence-electron chi connectivity index (χ0n) is 12.0. The monoisotopic (exact) mass is 266 g/mol. The van der Waals surface area contributed by atoms with E-state index in [9.17, 15) is 9.59 Å². The summed E-state index contributed by atoms with van der Waals surface area (Å²) in [5.41, 5.74) is 0. The van der Waals surface area contributed by atoms with Gasteiger partial charge in [-0.05, 0) is 38.8 Å². The lowest BCUT2D eigenvalue weighted by molar-refractivity contribution is -0.134. The molecule has 0 unspecified atom stereocenters. The van der Waals surface area contributed by atoms with Crippen LogP contribution in [0.2, 0.25) is 0 Å². The first-order valence-corrected chi connectivity index (χ1v) is 7.64. The Labute approximate surface area is 116 Å². The molecule has 0 spiro atoms. The number of carbonyl (C=O) groups is 2. The molecule has 0 bridgehead atoms. The molecule has 1 saturated carbocycles. The molecule has 1 amide bonds. The number of hydrogen-bond donors (Lipinski definition) is 0. The molecule has 4 heteroatoms. The third kappa shape index (κ3) is 4.03. The molecular weight excluding hydrogens is 240 g/mol. The van der Waals surface area contributed by atoms with Crippen LogP contribution in [0.4, 0.5) is 0 Å². The lowest BCUT2D eigenvalue weighted by Gasteiger charge is -2.34. The highest BCUT2D eigenvalue weighted by atomic mass is 16.2. The average molecular weight is 266 g/mol. The van der Waals surface area contributed by atoms with Crippen LogP contribution in [-0.2, 0) is 9.59 Å². The maximum Gasteiger partial charge on any atom is 0.236 e. The van der Waals surface area contributed by atoms with Crippen molar-refractivity contribution in [3.05, 3.63) is 0 Å². The Morgan fingerprint density at radius 2 is 1.79 bits per heavy atom. The maximum atomic E-state index is 12.3. The van der Waals surface area contributed by atoms with E-state index in [-0.39, 0.29) is 11.8 Å². The van der Waals surface area contributed by atoms with Crippen LogP contribution in [0.5, 0.6) is 0 Å². The number of aldehydes is 1. The molecule has 4 nitrogen and oxygen atoms in total. The van der Waals surface area contributed by atoms with E-state index in [0.717, 1.165) is 45.1 Å². The van der Waals surface area contributed by atoms with Gasteiger partial charge in [-0.2, -0.15) is 0 Å². The van der Waals surface area contributed by atoms with Crippen molar-refractivity contribution < 1.29 is 9.59 Å². The van der Waals surface area contributed by atoms with Gasteiger partial charge >= 0.3 is 0 Å². The molecule has 1 heterocycles. The number of nitrogens with zero attached hydrogens (tertiary/aromatic N) is 2. The van der Waals surface area contributed by atoms with Crippen molar-refractivity contribution in [1.82, 2.24) is 9.80 Å². The maximum absolute atomic E-state index is 12.3. The minimum atomic E-state index is 0.211. The summed E-state index contributed by atoms with van der Waals surface area (Å²) in [6, 6.07) is 0.453.